The summed E-state index contributed by atoms with van der Waals surface area (Å²) in [5.41, 5.74) is 7.02. The Hall–Kier alpha value is -2.00. The summed E-state index contributed by atoms with van der Waals surface area (Å²) in [7, 11) is 0. The van der Waals surface area contributed by atoms with Gasteiger partial charge in [-0.3, -0.25) is 0 Å². The Labute approximate surface area is 162 Å². The molecular formula is C19H26F3N3O3. The van der Waals surface area contributed by atoms with Crippen molar-refractivity contribution in [2.75, 3.05) is 39.3 Å². The lowest BCUT2D eigenvalue weighted by Gasteiger charge is -2.43. The van der Waals surface area contributed by atoms with Gasteiger partial charge in [-0.15, -0.1) is 13.2 Å². The number of amides is 2. The number of rotatable bonds is 3. The number of alkyl halides is 3. The molecule has 0 radical (unpaired) electrons. The van der Waals surface area contributed by atoms with E-state index in [4.69, 9.17) is 10.5 Å². The third-order valence-electron chi connectivity index (χ3n) is 5.23. The summed E-state index contributed by atoms with van der Waals surface area (Å²) >= 11 is 0. The molecule has 2 fully saturated rings. The minimum atomic E-state index is -4.70. The predicted octanol–water partition coefficient (Wildman–Crippen LogP) is 2.85. The Morgan fingerprint density at radius 2 is 2.04 bits per heavy atom. The number of benzene rings is 1. The van der Waals surface area contributed by atoms with E-state index >= 15 is 0 Å². The first kappa shape index (κ1) is 20.7. The molecule has 2 saturated heterocycles. The fourth-order valence-corrected chi connectivity index (χ4v) is 3.59. The van der Waals surface area contributed by atoms with E-state index in [0.29, 0.717) is 44.9 Å². The van der Waals surface area contributed by atoms with Gasteiger partial charge < -0.3 is 25.0 Å². The number of carbonyl (C=O) groups excluding carboxylic acids is 1. The van der Waals surface area contributed by atoms with Crippen LogP contribution < -0.4 is 10.5 Å². The van der Waals surface area contributed by atoms with E-state index in [9.17, 15) is 18.0 Å². The van der Waals surface area contributed by atoms with Gasteiger partial charge in [0.1, 0.15) is 5.75 Å². The maximum Gasteiger partial charge on any atom is 0.573 e. The summed E-state index contributed by atoms with van der Waals surface area (Å²) in [4.78, 5) is 16.3. The molecule has 1 aromatic carbocycles. The summed E-state index contributed by atoms with van der Waals surface area (Å²) < 4.78 is 46.8. The van der Waals surface area contributed by atoms with Gasteiger partial charge in [0, 0.05) is 45.2 Å². The smallest absolute Gasteiger partial charge is 0.406 e. The van der Waals surface area contributed by atoms with Gasteiger partial charge in [0.25, 0.3) is 0 Å². The highest BCUT2D eigenvalue weighted by molar-refractivity contribution is 5.75. The fraction of sp³-hybridized carbons (Fsp3) is 0.632. The molecule has 9 heteroatoms. The van der Waals surface area contributed by atoms with Gasteiger partial charge in [0.05, 0.1) is 6.10 Å². The van der Waals surface area contributed by atoms with Crippen molar-refractivity contribution in [1.82, 2.24) is 9.80 Å². The number of ether oxygens (including phenoxy) is 2. The molecule has 2 heterocycles. The lowest BCUT2D eigenvalue weighted by Crippen LogP contribution is -2.54. The molecule has 3 rings (SSSR count). The predicted molar refractivity (Wildman–Crippen MR) is 97.2 cm³/mol. The lowest BCUT2D eigenvalue weighted by molar-refractivity contribution is -0.274. The second-order valence-electron chi connectivity index (χ2n) is 7.31. The maximum atomic E-state index is 12.7. The van der Waals surface area contributed by atoms with E-state index in [0.717, 1.165) is 18.4 Å². The van der Waals surface area contributed by atoms with Crippen LogP contribution in [-0.2, 0) is 4.74 Å². The van der Waals surface area contributed by atoms with Gasteiger partial charge in [-0.2, -0.15) is 0 Å². The first-order chi connectivity index (χ1) is 13.3. The van der Waals surface area contributed by atoms with Crippen molar-refractivity contribution < 1.29 is 27.4 Å². The number of nitrogens with two attached hydrogens (primary N) is 1. The van der Waals surface area contributed by atoms with Crippen molar-refractivity contribution in [2.45, 2.75) is 38.1 Å². The first-order valence-corrected chi connectivity index (χ1v) is 9.48. The highest BCUT2D eigenvalue weighted by atomic mass is 19.4. The van der Waals surface area contributed by atoms with E-state index in [1.54, 1.807) is 24.0 Å². The molecule has 2 aliphatic heterocycles. The second kappa shape index (κ2) is 8.57. The number of carbonyl (C=O) groups is 1. The summed E-state index contributed by atoms with van der Waals surface area (Å²) in [5, 5.41) is 0. The van der Waals surface area contributed by atoms with E-state index in [-0.39, 0.29) is 23.8 Å². The Morgan fingerprint density at radius 1 is 1.29 bits per heavy atom. The third-order valence-corrected chi connectivity index (χ3v) is 5.23. The van der Waals surface area contributed by atoms with Crippen molar-refractivity contribution in [2.24, 2.45) is 5.73 Å². The Kier molecular flexibility index (Phi) is 6.34. The number of hydrogen-bond acceptors (Lipinski definition) is 4. The first-order valence-electron chi connectivity index (χ1n) is 9.48. The lowest BCUT2D eigenvalue weighted by atomic mass is 9.90. The van der Waals surface area contributed by atoms with E-state index in [1.807, 2.05) is 4.90 Å². The van der Waals surface area contributed by atoms with Gasteiger partial charge in [0.2, 0.25) is 0 Å². The third kappa shape index (κ3) is 5.08. The Balaban J connectivity index is 1.54. The van der Waals surface area contributed by atoms with Crippen LogP contribution in [-0.4, -0.2) is 67.6 Å². The van der Waals surface area contributed by atoms with Crippen LogP contribution in [0.1, 0.15) is 29.9 Å². The summed E-state index contributed by atoms with van der Waals surface area (Å²) in [6.07, 6.45) is -3.22. The molecule has 2 aliphatic rings. The normalized spacial score (nSPS) is 21.7. The molecule has 1 aromatic rings. The maximum absolute atomic E-state index is 12.7. The molecule has 156 valence electrons. The van der Waals surface area contributed by atoms with Crippen LogP contribution in [0.15, 0.2) is 18.2 Å². The molecule has 0 aromatic heterocycles. The van der Waals surface area contributed by atoms with Crippen LogP contribution in [0.25, 0.3) is 0 Å². The number of hydrogen-bond donors (Lipinski definition) is 1. The Morgan fingerprint density at radius 3 is 2.68 bits per heavy atom. The largest absolute Gasteiger partial charge is 0.573 e. The van der Waals surface area contributed by atoms with E-state index in [1.165, 1.54) is 6.07 Å². The molecule has 28 heavy (non-hydrogen) atoms. The van der Waals surface area contributed by atoms with Gasteiger partial charge in [-0.1, -0.05) is 12.1 Å². The van der Waals surface area contributed by atoms with Crippen LogP contribution in [0, 0.1) is 6.92 Å². The van der Waals surface area contributed by atoms with Gasteiger partial charge in [0.15, 0.2) is 0 Å². The molecule has 0 unspecified atom stereocenters. The molecule has 2 N–H and O–H groups in total. The minimum absolute atomic E-state index is 0.00247. The summed E-state index contributed by atoms with van der Waals surface area (Å²) in [6, 6.07) is 4.68. The molecule has 2 amide bonds. The van der Waals surface area contributed by atoms with Gasteiger partial charge >= 0.3 is 12.4 Å². The molecular weight excluding hydrogens is 375 g/mol. The van der Waals surface area contributed by atoms with Crippen LogP contribution in [0.4, 0.5) is 18.0 Å². The second-order valence-corrected chi connectivity index (χ2v) is 7.31. The zero-order chi connectivity index (χ0) is 20.3. The van der Waals surface area contributed by atoms with Gasteiger partial charge in [-0.05, 0) is 37.0 Å². The van der Waals surface area contributed by atoms with E-state index < -0.39 is 6.36 Å². The highest BCUT2D eigenvalue weighted by Crippen LogP contribution is 2.33. The number of urea groups is 1. The van der Waals surface area contributed by atoms with Crippen molar-refractivity contribution in [1.29, 1.82) is 0 Å². The zero-order valence-corrected chi connectivity index (χ0v) is 15.9. The van der Waals surface area contributed by atoms with Crippen LogP contribution in [0.2, 0.25) is 0 Å². The number of likely N-dealkylation sites (tertiary alicyclic amines) is 1. The van der Waals surface area contributed by atoms with Crippen molar-refractivity contribution in [3.63, 3.8) is 0 Å². The number of halogens is 3. The van der Waals surface area contributed by atoms with Crippen LogP contribution >= 0.6 is 0 Å². The van der Waals surface area contributed by atoms with Crippen molar-refractivity contribution in [3.8, 4) is 5.75 Å². The molecule has 0 saturated carbocycles. The standard InChI is InChI=1S/C19H26F3N3O3/c1-13-9-14(3-4-17(13)28-19(20,21)22)15-11-25(12-15)18(26)24-6-2-8-27-16(10-23)5-7-24/h3-4,9,15-16H,2,5-8,10-12,23H2,1H3/t16-/m0/s1. The average Bonchev–Trinajstić information content (AvgIpc) is 2.55. The van der Waals surface area contributed by atoms with Crippen LogP contribution in [0.3, 0.4) is 0 Å². The quantitative estimate of drug-likeness (QED) is 0.846. The molecule has 0 bridgehead atoms. The minimum Gasteiger partial charge on any atom is -0.406 e. The van der Waals surface area contributed by atoms with Gasteiger partial charge in [-0.25, -0.2) is 4.79 Å². The highest BCUT2D eigenvalue weighted by Gasteiger charge is 2.35. The monoisotopic (exact) mass is 401 g/mol. The molecule has 1 atom stereocenters. The fourth-order valence-electron chi connectivity index (χ4n) is 3.59. The van der Waals surface area contributed by atoms with Crippen LogP contribution in [0.5, 0.6) is 5.75 Å². The van der Waals surface area contributed by atoms with Crippen molar-refractivity contribution in [3.05, 3.63) is 29.3 Å². The van der Waals surface area contributed by atoms with Crippen molar-refractivity contribution >= 4 is 6.03 Å². The number of aryl methyl sites for hydroxylation is 1. The summed E-state index contributed by atoms with van der Waals surface area (Å²) in [5.74, 6) is -0.0710. The molecule has 0 spiro atoms. The summed E-state index contributed by atoms with van der Waals surface area (Å²) in [6.45, 7) is 5.02. The Bertz CT molecular complexity index is 693. The van der Waals surface area contributed by atoms with E-state index in [2.05, 4.69) is 4.74 Å². The average molecular weight is 401 g/mol. The molecule has 6 nitrogen and oxygen atoms in total. The number of nitrogens with zero attached hydrogens (tertiary/aromatic N) is 2. The zero-order valence-electron chi connectivity index (χ0n) is 15.9. The molecule has 0 aliphatic carbocycles. The topological polar surface area (TPSA) is 68.0 Å². The SMILES string of the molecule is Cc1cc(C2CN(C(=O)N3CCCO[C@H](CN)CC3)C2)ccc1OC(F)(F)F.